The van der Waals surface area contributed by atoms with Crippen LogP contribution < -0.4 is 0 Å². The fourth-order valence-electron chi connectivity index (χ4n) is 1.44. The van der Waals surface area contributed by atoms with Crippen LogP contribution in [0.2, 0.25) is 5.02 Å². The molecule has 2 aromatic heterocycles. The van der Waals surface area contributed by atoms with E-state index in [-0.39, 0.29) is 10.7 Å². The Morgan fingerprint density at radius 3 is 2.79 bits per heavy atom. The number of aryl methyl sites for hydroxylation is 1. The standard InChI is InChI=1S/C12H9ClN2O3S/c1-15-9(8(13)5-14-15)2-3-10(16)7-4-11(12(17)18)19-6-7/h2-6H,1H3,(H,17,18)/b3-2+. The summed E-state index contributed by atoms with van der Waals surface area (Å²) in [4.78, 5) is 22.7. The van der Waals surface area contributed by atoms with E-state index in [9.17, 15) is 9.59 Å². The van der Waals surface area contributed by atoms with Crippen molar-refractivity contribution in [3.8, 4) is 0 Å². The molecule has 0 fully saturated rings. The first-order chi connectivity index (χ1) is 8.99. The van der Waals surface area contributed by atoms with Gasteiger partial charge in [0.2, 0.25) is 0 Å². The highest BCUT2D eigenvalue weighted by molar-refractivity contribution is 7.12. The lowest BCUT2D eigenvalue weighted by molar-refractivity contribution is 0.0702. The Labute approximate surface area is 117 Å². The zero-order valence-corrected chi connectivity index (χ0v) is 11.4. The maximum Gasteiger partial charge on any atom is 0.345 e. The molecule has 0 aliphatic heterocycles. The number of carbonyl (C=O) groups excluding carboxylic acids is 1. The molecule has 0 unspecified atom stereocenters. The van der Waals surface area contributed by atoms with E-state index in [0.717, 1.165) is 11.3 Å². The van der Waals surface area contributed by atoms with Crippen molar-refractivity contribution in [3.63, 3.8) is 0 Å². The number of hydrogen-bond acceptors (Lipinski definition) is 4. The zero-order chi connectivity index (χ0) is 14.0. The monoisotopic (exact) mass is 296 g/mol. The number of rotatable bonds is 4. The number of carbonyl (C=O) groups is 2. The second kappa shape index (κ2) is 5.38. The predicted molar refractivity (Wildman–Crippen MR) is 72.9 cm³/mol. The first-order valence-corrected chi connectivity index (χ1v) is 6.46. The van der Waals surface area contributed by atoms with Crippen molar-refractivity contribution in [2.45, 2.75) is 0 Å². The van der Waals surface area contributed by atoms with Crippen LogP contribution in [0, 0.1) is 0 Å². The van der Waals surface area contributed by atoms with Gasteiger partial charge in [0.1, 0.15) is 4.88 Å². The zero-order valence-electron chi connectivity index (χ0n) is 9.83. The van der Waals surface area contributed by atoms with Gasteiger partial charge in [-0.2, -0.15) is 5.10 Å². The van der Waals surface area contributed by atoms with E-state index in [0.29, 0.717) is 16.3 Å². The van der Waals surface area contributed by atoms with Gasteiger partial charge in [-0.3, -0.25) is 9.48 Å². The third-order valence-electron chi connectivity index (χ3n) is 2.42. The van der Waals surface area contributed by atoms with Gasteiger partial charge in [0, 0.05) is 18.0 Å². The Morgan fingerprint density at radius 2 is 2.26 bits per heavy atom. The maximum atomic E-state index is 11.9. The van der Waals surface area contributed by atoms with Gasteiger partial charge < -0.3 is 5.11 Å². The SMILES string of the molecule is Cn1ncc(Cl)c1/C=C/C(=O)c1csc(C(=O)O)c1. The van der Waals surface area contributed by atoms with E-state index in [4.69, 9.17) is 16.7 Å². The molecular weight excluding hydrogens is 288 g/mol. The lowest BCUT2D eigenvalue weighted by Crippen LogP contribution is -1.96. The summed E-state index contributed by atoms with van der Waals surface area (Å²) in [6.45, 7) is 0. The molecule has 1 N–H and O–H groups in total. The van der Waals surface area contributed by atoms with Crippen molar-refractivity contribution in [2.75, 3.05) is 0 Å². The molecule has 0 amide bonds. The second-order valence-electron chi connectivity index (χ2n) is 3.70. The number of carboxylic acid groups (broad SMARTS) is 1. The van der Waals surface area contributed by atoms with E-state index in [1.807, 2.05) is 0 Å². The van der Waals surface area contributed by atoms with Crippen molar-refractivity contribution >= 4 is 40.8 Å². The summed E-state index contributed by atoms with van der Waals surface area (Å²) >= 11 is 6.92. The smallest absolute Gasteiger partial charge is 0.345 e. The summed E-state index contributed by atoms with van der Waals surface area (Å²) in [5.74, 6) is -1.32. The average Bonchev–Trinajstić information content (AvgIpc) is 2.95. The van der Waals surface area contributed by atoms with E-state index < -0.39 is 5.97 Å². The summed E-state index contributed by atoms with van der Waals surface area (Å²) in [5, 5.41) is 14.7. The van der Waals surface area contributed by atoms with Crippen LogP contribution in [-0.4, -0.2) is 26.6 Å². The first-order valence-electron chi connectivity index (χ1n) is 5.21. The lowest BCUT2D eigenvalue weighted by Gasteiger charge is -1.94. The lowest BCUT2D eigenvalue weighted by atomic mass is 10.2. The summed E-state index contributed by atoms with van der Waals surface area (Å²) in [5.41, 5.74) is 0.959. The number of carboxylic acids is 1. The molecule has 0 aliphatic carbocycles. The quantitative estimate of drug-likeness (QED) is 0.695. The molecule has 98 valence electrons. The van der Waals surface area contributed by atoms with Crippen molar-refractivity contribution in [3.05, 3.63) is 44.9 Å². The first kappa shape index (κ1) is 13.5. The molecule has 0 saturated carbocycles. The van der Waals surface area contributed by atoms with Gasteiger partial charge >= 0.3 is 5.97 Å². The number of aromatic carboxylic acids is 1. The summed E-state index contributed by atoms with van der Waals surface area (Å²) in [7, 11) is 1.71. The van der Waals surface area contributed by atoms with Gasteiger partial charge in [0.25, 0.3) is 0 Å². The highest BCUT2D eigenvalue weighted by atomic mass is 35.5. The molecule has 2 heterocycles. The van der Waals surface area contributed by atoms with Crippen LogP contribution in [0.4, 0.5) is 0 Å². The number of halogens is 1. The molecule has 0 saturated heterocycles. The predicted octanol–water partition coefficient (Wildman–Crippen LogP) is 2.73. The topological polar surface area (TPSA) is 72.2 Å². The molecule has 0 bridgehead atoms. The maximum absolute atomic E-state index is 11.9. The van der Waals surface area contributed by atoms with E-state index in [2.05, 4.69) is 5.10 Å². The minimum atomic E-state index is -1.04. The molecule has 2 rings (SSSR count). The number of nitrogens with zero attached hydrogens (tertiary/aromatic N) is 2. The van der Waals surface area contributed by atoms with Gasteiger partial charge in [-0.1, -0.05) is 11.6 Å². The molecule has 5 nitrogen and oxygen atoms in total. The highest BCUT2D eigenvalue weighted by Gasteiger charge is 2.11. The minimum absolute atomic E-state index is 0.135. The van der Waals surface area contributed by atoms with Crippen molar-refractivity contribution in [2.24, 2.45) is 7.05 Å². The molecule has 0 atom stereocenters. The second-order valence-corrected chi connectivity index (χ2v) is 5.02. The summed E-state index contributed by atoms with van der Waals surface area (Å²) in [6, 6.07) is 1.35. The Morgan fingerprint density at radius 1 is 1.53 bits per heavy atom. The molecule has 19 heavy (non-hydrogen) atoms. The molecule has 0 spiro atoms. The molecule has 2 aromatic rings. The Bertz CT molecular complexity index is 653. The van der Waals surface area contributed by atoms with Crippen LogP contribution in [-0.2, 0) is 7.05 Å². The number of allylic oxidation sites excluding steroid dienone is 1. The van der Waals surface area contributed by atoms with Crippen LogP contribution in [0.1, 0.15) is 25.7 Å². The van der Waals surface area contributed by atoms with Crippen LogP contribution >= 0.6 is 22.9 Å². The van der Waals surface area contributed by atoms with Crippen molar-refractivity contribution in [1.82, 2.24) is 9.78 Å². The number of hydrogen-bond donors (Lipinski definition) is 1. The van der Waals surface area contributed by atoms with E-state index >= 15 is 0 Å². The number of aromatic nitrogens is 2. The van der Waals surface area contributed by atoms with Gasteiger partial charge in [-0.05, 0) is 18.2 Å². The minimum Gasteiger partial charge on any atom is -0.477 e. The van der Waals surface area contributed by atoms with Crippen LogP contribution in [0.5, 0.6) is 0 Å². The molecule has 0 aromatic carbocycles. The van der Waals surface area contributed by atoms with Crippen LogP contribution in [0.15, 0.2) is 23.7 Å². The largest absolute Gasteiger partial charge is 0.477 e. The number of thiophene rings is 1. The van der Waals surface area contributed by atoms with E-state index in [1.54, 1.807) is 17.8 Å². The van der Waals surface area contributed by atoms with Crippen LogP contribution in [0.25, 0.3) is 6.08 Å². The molecular formula is C12H9ClN2O3S. The van der Waals surface area contributed by atoms with E-state index in [1.165, 1.54) is 23.7 Å². The van der Waals surface area contributed by atoms with Gasteiger partial charge in [-0.15, -0.1) is 11.3 Å². The number of ketones is 1. The van der Waals surface area contributed by atoms with Gasteiger partial charge in [0.15, 0.2) is 5.78 Å². The highest BCUT2D eigenvalue weighted by Crippen LogP contribution is 2.18. The normalized spacial score (nSPS) is 11.1. The Hall–Kier alpha value is -1.92. The van der Waals surface area contributed by atoms with Crippen LogP contribution in [0.3, 0.4) is 0 Å². The molecule has 0 radical (unpaired) electrons. The Kier molecular flexibility index (Phi) is 3.82. The van der Waals surface area contributed by atoms with Gasteiger partial charge in [0.05, 0.1) is 16.9 Å². The Balaban J connectivity index is 2.19. The fraction of sp³-hybridized carbons (Fsp3) is 0.0833. The molecule has 7 heteroatoms. The van der Waals surface area contributed by atoms with Gasteiger partial charge in [-0.25, -0.2) is 4.79 Å². The third-order valence-corrected chi connectivity index (χ3v) is 3.63. The third kappa shape index (κ3) is 2.91. The van der Waals surface area contributed by atoms with Crippen molar-refractivity contribution < 1.29 is 14.7 Å². The van der Waals surface area contributed by atoms with Crippen molar-refractivity contribution in [1.29, 1.82) is 0 Å². The summed E-state index contributed by atoms with van der Waals surface area (Å²) in [6.07, 6.45) is 4.38. The average molecular weight is 297 g/mol. The molecule has 0 aliphatic rings. The fourth-order valence-corrected chi connectivity index (χ4v) is 2.40. The summed E-state index contributed by atoms with van der Waals surface area (Å²) < 4.78 is 1.54.